The Balaban J connectivity index is 1.03. The molecule has 1 aliphatic carbocycles. The number of thioether (sulfide) groups is 1. The number of allylic oxidation sites excluding steroid dienone is 1. The zero-order valence-electron chi connectivity index (χ0n) is 24.1. The Morgan fingerprint density at radius 3 is 2.68 bits per heavy atom. The molecule has 2 aromatic carbocycles. The van der Waals surface area contributed by atoms with E-state index in [1.807, 2.05) is 31.2 Å². The molecule has 1 amide bonds. The van der Waals surface area contributed by atoms with Crippen molar-refractivity contribution in [3.8, 4) is 11.8 Å². The molecular weight excluding hydrogens is 532 g/mol. The van der Waals surface area contributed by atoms with Gasteiger partial charge in [-0.05, 0) is 118 Å². The molecule has 0 spiro atoms. The fourth-order valence-corrected chi connectivity index (χ4v) is 7.45. The van der Waals surface area contributed by atoms with Crippen LogP contribution in [0, 0.1) is 11.3 Å². The summed E-state index contributed by atoms with van der Waals surface area (Å²) < 4.78 is 6.14. The molecule has 0 bridgehead atoms. The van der Waals surface area contributed by atoms with Crippen molar-refractivity contribution in [1.29, 1.82) is 5.26 Å². The fourth-order valence-electron chi connectivity index (χ4n) is 6.27. The highest BCUT2D eigenvalue weighted by Gasteiger charge is 2.28. The standard InChI is InChI=1S/C33H42N4O3S/c1-23-31(41-33(36-23)27-10-8-24(22-34)9-11-27)32(39)35-16-4-5-17-37-18-14-26(15-19-37)29-13-12-25-6-2-3-7-28(25)30(29)40-21-20-38/h8-13,26,33,36,38H,2-7,14-21H2,1H3,(H,35,39). The summed E-state index contributed by atoms with van der Waals surface area (Å²) in [5, 5.41) is 24.9. The van der Waals surface area contributed by atoms with Crippen LogP contribution < -0.4 is 15.4 Å². The number of carbonyl (C=O) groups is 1. The SMILES string of the molecule is CC1=C(C(=O)NCCCCN2CCC(c3ccc4c(c3OCCO)CCCC4)CC2)SC(c2ccc(C#N)cc2)N1. The highest BCUT2D eigenvalue weighted by atomic mass is 32.2. The minimum atomic E-state index is -0.0128. The minimum absolute atomic E-state index is 0.00922. The normalized spacial score (nSPS) is 19.4. The lowest BCUT2D eigenvalue weighted by Gasteiger charge is -2.34. The lowest BCUT2D eigenvalue weighted by atomic mass is 9.83. The van der Waals surface area contributed by atoms with Crippen LogP contribution in [0.25, 0.3) is 0 Å². The molecular formula is C33H42N4O3S. The predicted molar refractivity (Wildman–Crippen MR) is 164 cm³/mol. The Bertz CT molecular complexity index is 1280. The molecule has 7 nitrogen and oxygen atoms in total. The van der Waals surface area contributed by atoms with Crippen molar-refractivity contribution >= 4 is 17.7 Å². The number of aliphatic hydroxyl groups is 1. The van der Waals surface area contributed by atoms with Crippen LogP contribution in [0.5, 0.6) is 5.75 Å². The van der Waals surface area contributed by atoms with Crippen LogP contribution in [-0.4, -0.2) is 55.3 Å². The molecule has 0 aromatic heterocycles. The number of hydrogen-bond acceptors (Lipinski definition) is 7. The van der Waals surface area contributed by atoms with Crippen molar-refractivity contribution in [1.82, 2.24) is 15.5 Å². The van der Waals surface area contributed by atoms with E-state index in [1.165, 1.54) is 41.3 Å². The first-order chi connectivity index (χ1) is 20.1. The number of carbonyl (C=O) groups excluding carboxylic acids is 1. The molecule has 1 atom stereocenters. The Labute approximate surface area is 248 Å². The fraction of sp³-hybridized carbons (Fsp3) is 0.515. The van der Waals surface area contributed by atoms with Gasteiger partial charge in [0.15, 0.2) is 0 Å². The van der Waals surface area contributed by atoms with E-state index in [2.05, 4.69) is 33.7 Å². The van der Waals surface area contributed by atoms with Crippen LogP contribution in [0.3, 0.4) is 0 Å². The van der Waals surface area contributed by atoms with E-state index in [1.54, 1.807) is 0 Å². The Kier molecular flexibility index (Phi) is 10.3. The maximum Gasteiger partial charge on any atom is 0.259 e. The minimum Gasteiger partial charge on any atom is -0.491 e. The van der Waals surface area contributed by atoms with Gasteiger partial charge in [0, 0.05) is 12.2 Å². The first kappa shape index (κ1) is 29.5. The molecule has 2 heterocycles. The average molecular weight is 575 g/mol. The Morgan fingerprint density at radius 2 is 1.93 bits per heavy atom. The summed E-state index contributed by atoms with van der Waals surface area (Å²) in [6, 6.07) is 14.3. The topological polar surface area (TPSA) is 97.6 Å². The average Bonchev–Trinajstić information content (AvgIpc) is 3.41. The summed E-state index contributed by atoms with van der Waals surface area (Å²) in [6.07, 6.45) is 8.97. The van der Waals surface area contributed by atoms with Crippen molar-refractivity contribution in [2.75, 3.05) is 39.4 Å². The van der Waals surface area contributed by atoms with E-state index < -0.39 is 0 Å². The van der Waals surface area contributed by atoms with Crippen molar-refractivity contribution in [3.63, 3.8) is 0 Å². The monoisotopic (exact) mass is 574 g/mol. The summed E-state index contributed by atoms with van der Waals surface area (Å²) in [7, 11) is 0. The number of nitriles is 1. The van der Waals surface area contributed by atoms with Gasteiger partial charge >= 0.3 is 0 Å². The van der Waals surface area contributed by atoms with Crippen LogP contribution in [0.4, 0.5) is 0 Å². The van der Waals surface area contributed by atoms with E-state index in [0.29, 0.717) is 24.6 Å². The number of hydrogen-bond donors (Lipinski definition) is 3. The van der Waals surface area contributed by atoms with Gasteiger partial charge in [0.2, 0.25) is 0 Å². The maximum absolute atomic E-state index is 12.8. The number of rotatable bonds is 11. The number of piperidine rings is 1. The first-order valence-electron chi connectivity index (χ1n) is 15.1. The smallest absolute Gasteiger partial charge is 0.259 e. The number of likely N-dealkylation sites (tertiary alicyclic amines) is 1. The number of ether oxygens (including phenoxy) is 1. The van der Waals surface area contributed by atoms with E-state index >= 15 is 0 Å². The quantitative estimate of drug-likeness (QED) is 0.319. The van der Waals surface area contributed by atoms with Crippen LogP contribution in [0.15, 0.2) is 47.0 Å². The van der Waals surface area contributed by atoms with Crippen molar-refractivity contribution in [2.45, 2.75) is 69.6 Å². The van der Waals surface area contributed by atoms with Gasteiger partial charge in [-0.15, -0.1) is 0 Å². The highest BCUT2D eigenvalue weighted by molar-refractivity contribution is 8.04. The highest BCUT2D eigenvalue weighted by Crippen LogP contribution is 2.41. The zero-order chi connectivity index (χ0) is 28.6. The Hall–Kier alpha value is -2.99. The lowest BCUT2D eigenvalue weighted by molar-refractivity contribution is -0.116. The largest absolute Gasteiger partial charge is 0.491 e. The molecule has 1 saturated heterocycles. The van der Waals surface area contributed by atoms with E-state index in [-0.39, 0.29) is 17.9 Å². The maximum atomic E-state index is 12.8. The third-order valence-corrected chi connectivity index (χ3v) is 9.89. The van der Waals surface area contributed by atoms with Crippen LogP contribution in [0.1, 0.15) is 84.6 Å². The summed E-state index contributed by atoms with van der Waals surface area (Å²) in [4.78, 5) is 16.1. The third-order valence-electron chi connectivity index (χ3n) is 8.54. The molecule has 2 aromatic rings. The number of aryl methyl sites for hydroxylation is 1. The number of aliphatic hydroxyl groups excluding tert-OH is 1. The van der Waals surface area contributed by atoms with E-state index in [0.717, 1.165) is 80.1 Å². The van der Waals surface area contributed by atoms with Gasteiger partial charge < -0.3 is 25.4 Å². The first-order valence-corrected chi connectivity index (χ1v) is 16.0. The second-order valence-corrected chi connectivity index (χ2v) is 12.4. The van der Waals surface area contributed by atoms with E-state index in [9.17, 15) is 9.90 Å². The van der Waals surface area contributed by atoms with Crippen molar-refractivity contribution in [2.24, 2.45) is 0 Å². The molecule has 0 radical (unpaired) electrons. The van der Waals surface area contributed by atoms with Gasteiger partial charge in [-0.2, -0.15) is 5.26 Å². The summed E-state index contributed by atoms with van der Waals surface area (Å²) in [5.74, 6) is 1.56. The molecule has 41 heavy (non-hydrogen) atoms. The molecule has 5 rings (SSSR count). The second kappa shape index (κ2) is 14.3. The van der Waals surface area contributed by atoms with Crippen LogP contribution in [-0.2, 0) is 17.6 Å². The molecule has 3 N–H and O–H groups in total. The van der Waals surface area contributed by atoms with Crippen molar-refractivity contribution in [3.05, 3.63) is 74.8 Å². The third kappa shape index (κ3) is 7.27. The number of nitrogens with zero attached hydrogens (tertiary/aromatic N) is 2. The van der Waals surface area contributed by atoms with Crippen LogP contribution in [0.2, 0.25) is 0 Å². The van der Waals surface area contributed by atoms with Gasteiger partial charge in [-0.25, -0.2) is 0 Å². The van der Waals surface area contributed by atoms with Gasteiger partial charge in [0.05, 0.1) is 23.1 Å². The molecule has 0 saturated carbocycles. The molecule has 8 heteroatoms. The Morgan fingerprint density at radius 1 is 1.15 bits per heavy atom. The number of benzene rings is 2. The number of nitrogens with one attached hydrogen (secondary N) is 2. The van der Waals surface area contributed by atoms with Gasteiger partial charge in [0.1, 0.15) is 17.7 Å². The summed E-state index contributed by atoms with van der Waals surface area (Å²) in [6.45, 7) is 6.25. The van der Waals surface area contributed by atoms with Gasteiger partial charge in [-0.3, -0.25) is 4.79 Å². The second-order valence-electron chi connectivity index (χ2n) is 11.3. The zero-order valence-corrected chi connectivity index (χ0v) is 24.9. The number of fused-ring (bicyclic) bond motifs is 1. The lowest BCUT2D eigenvalue weighted by Crippen LogP contribution is -2.34. The molecule has 1 fully saturated rings. The van der Waals surface area contributed by atoms with E-state index in [4.69, 9.17) is 10.00 Å². The van der Waals surface area contributed by atoms with Crippen LogP contribution >= 0.6 is 11.8 Å². The van der Waals surface area contributed by atoms with Gasteiger partial charge in [-0.1, -0.05) is 36.0 Å². The molecule has 1 unspecified atom stereocenters. The molecule has 218 valence electrons. The summed E-state index contributed by atoms with van der Waals surface area (Å²) >= 11 is 1.53. The molecule has 3 aliphatic rings. The number of unbranched alkanes of at least 4 members (excludes halogenated alkanes) is 1. The molecule has 2 aliphatic heterocycles. The van der Waals surface area contributed by atoms with Crippen molar-refractivity contribution < 1.29 is 14.6 Å². The number of amides is 1. The predicted octanol–water partition coefficient (Wildman–Crippen LogP) is 5.15. The van der Waals surface area contributed by atoms with Gasteiger partial charge in [0.25, 0.3) is 5.91 Å². The summed E-state index contributed by atoms with van der Waals surface area (Å²) in [5.41, 5.74) is 6.74.